The molecule has 2 rings (SSSR count). The van der Waals surface area contributed by atoms with Crippen LogP contribution in [0.1, 0.15) is 25.3 Å². The van der Waals surface area contributed by atoms with E-state index in [0.717, 1.165) is 49.9 Å². The van der Waals surface area contributed by atoms with E-state index in [9.17, 15) is 4.79 Å². The summed E-state index contributed by atoms with van der Waals surface area (Å²) < 4.78 is 1.10. The predicted molar refractivity (Wildman–Crippen MR) is 92.9 cm³/mol. The molecule has 118 valence electrons. The standard InChI is InChI=1S/C16H23BrN2O.ClH/c1-2-13(12-14-6-3-4-7-15(14)17)16(20)19-10-5-8-18-9-11-19;/h3-4,6-7,13,18H,2,5,8-12H2,1H3;1H. The van der Waals surface area contributed by atoms with Crippen LogP contribution < -0.4 is 5.32 Å². The van der Waals surface area contributed by atoms with Crippen molar-refractivity contribution in [2.24, 2.45) is 5.92 Å². The van der Waals surface area contributed by atoms with E-state index in [1.807, 2.05) is 23.1 Å². The summed E-state index contributed by atoms with van der Waals surface area (Å²) in [5.41, 5.74) is 1.22. The van der Waals surface area contributed by atoms with Crippen LogP contribution in [0.2, 0.25) is 0 Å². The van der Waals surface area contributed by atoms with Crippen LogP contribution in [-0.2, 0) is 11.2 Å². The molecular formula is C16H24BrClN2O. The molecule has 0 saturated carbocycles. The third-order valence-corrected chi connectivity index (χ3v) is 4.69. The van der Waals surface area contributed by atoms with Gasteiger partial charge in [0, 0.05) is 30.0 Å². The number of benzene rings is 1. The third-order valence-electron chi connectivity index (χ3n) is 3.92. The molecule has 0 spiro atoms. The van der Waals surface area contributed by atoms with Crippen molar-refractivity contribution < 1.29 is 4.79 Å². The molecule has 0 aromatic heterocycles. The van der Waals surface area contributed by atoms with Crippen molar-refractivity contribution in [2.75, 3.05) is 26.2 Å². The lowest BCUT2D eigenvalue weighted by Gasteiger charge is -2.25. The van der Waals surface area contributed by atoms with Gasteiger partial charge in [-0.2, -0.15) is 0 Å². The van der Waals surface area contributed by atoms with Gasteiger partial charge in [-0.25, -0.2) is 0 Å². The molecule has 21 heavy (non-hydrogen) atoms. The van der Waals surface area contributed by atoms with Crippen molar-refractivity contribution in [3.05, 3.63) is 34.3 Å². The fraction of sp³-hybridized carbons (Fsp3) is 0.562. The minimum atomic E-state index is 0. The second-order valence-corrected chi connectivity index (χ2v) is 6.18. The van der Waals surface area contributed by atoms with E-state index >= 15 is 0 Å². The molecule has 1 amide bonds. The van der Waals surface area contributed by atoms with Crippen LogP contribution in [0.25, 0.3) is 0 Å². The highest BCUT2D eigenvalue weighted by Crippen LogP contribution is 2.22. The average Bonchev–Trinajstić information content (AvgIpc) is 2.75. The normalized spacial score (nSPS) is 16.8. The van der Waals surface area contributed by atoms with Crippen molar-refractivity contribution in [2.45, 2.75) is 26.2 Å². The lowest BCUT2D eigenvalue weighted by atomic mass is 9.95. The van der Waals surface area contributed by atoms with Gasteiger partial charge < -0.3 is 10.2 Å². The summed E-state index contributed by atoms with van der Waals surface area (Å²) in [5, 5.41) is 3.35. The minimum absolute atomic E-state index is 0. The van der Waals surface area contributed by atoms with Gasteiger partial charge in [0.05, 0.1) is 0 Å². The smallest absolute Gasteiger partial charge is 0.226 e. The predicted octanol–water partition coefficient (Wildman–Crippen LogP) is 3.26. The number of hydrogen-bond donors (Lipinski definition) is 1. The maximum Gasteiger partial charge on any atom is 0.226 e. The molecule has 0 aliphatic carbocycles. The van der Waals surface area contributed by atoms with Crippen molar-refractivity contribution in [1.82, 2.24) is 10.2 Å². The Labute approximate surface area is 142 Å². The SMILES string of the molecule is CCC(Cc1ccccc1Br)C(=O)N1CCCNCC1.Cl. The van der Waals surface area contributed by atoms with Crippen LogP contribution in [0.3, 0.4) is 0 Å². The molecule has 1 aromatic rings. The molecule has 1 aliphatic rings. The van der Waals surface area contributed by atoms with Gasteiger partial charge in [0.25, 0.3) is 0 Å². The third kappa shape index (κ3) is 5.28. The van der Waals surface area contributed by atoms with Crippen molar-refractivity contribution in [1.29, 1.82) is 0 Å². The van der Waals surface area contributed by atoms with Gasteiger partial charge in [0.15, 0.2) is 0 Å². The van der Waals surface area contributed by atoms with Crippen LogP contribution in [-0.4, -0.2) is 37.0 Å². The Balaban J connectivity index is 0.00000220. The summed E-state index contributed by atoms with van der Waals surface area (Å²) in [5.74, 6) is 0.402. The van der Waals surface area contributed by atoms with Crippen LogP contribution in [0.4, 0.5) is 0 Å². The zero-order chi connectivity index (χ0) is 14.4. The summed E-state index contributed by atoms with van der Waals surface area (Å²) in [6, 6.07) is 8.19. The molecule has 1 heterocycles. The second kappa shape index (κ2) is 9.44. The van der Waals surface area contributed by atoms with E-state index in [-0.39, 0.29) is 18.3 Å². The van der Waals surface area contributed by atoms with Crippen LogP contribution in [0, 0.1) is 5.92 Å². The molecular weight excluding hydrogens is 352 g/mol. The van der Waals surface area contributed by atoms with E-state index in [1.165, 1.54) is 5.56 Å². The van der Waals surface area contributed by atoms with Gasteiger partial charge in [0.1, 0.15) is 0 Å². The van der Waals surface area contributed by atoms with Gasteiger partial charge >= 0.3 is 0 Å². The first kappa shape index (κ1) is 18.5. The molecule has 1 saturated heterocycles. The summed E-state index contributed by atoms with van der Waals surface area (Å²) in [6.45, 7) is 5.76. The zero-order valence-corrected chi connectivity index (χ0v) is 14.9. The van der Waals surface area contributed by atoms with E-state index in [4.69, 9.17) is 0 Å². The van der Waals surface area contributed by atoms with E-state index in [1.54, 1.807) is 0 Å². The first-order chi connectivity index (χ1) is 9.72. The number of nitrogens with zero attached hydrogens (tertiary/aromatic N) is 1. The summed E-state index contributed by atoms with van der Waals surface area (Å²) in [6.07, 6.45) is 2.77. The zero-order valence-electron chi connectivity index (χ0n) is 12.5. The average molecular weight is 376 g/mol. The molecule has 0 bridgehead atoms. The molecule has 0 radical (unpaired) electrons. The van der Waals surface area contributed by atoms with E-state index in [0.29, 0.717) is 5.91 Å². The first-order valence-corrected chi connectivity index (χ1v) is 8.24. The van der Waals surface area contributed by atoms with Gasteiger partial charge in [-0.05, 0) is 37.4 Å². The fourth-order valence-electron chi connectivity index (χ4n) is 2.66. The Hall–Kier alpha value is -0.580. The number of amides is 1. The molecule has 1 N–H and O–H groups in total. The Kier molecular flexibility index (Phi) is 8.30. The number of rotatable bonds is 4. The Bertz CT molecular complexity index is 448. The topological polar surface area (TPSA) is 32.3 Å². The van der Waals surface area contributed by atoms with Crippen molar-refractivity contribution >= 4 is 34.2 Å². The Morgan fingerprint density at radius 1 is 1.33 bits per heavy atom. The molecule has 3 nitrogen and oxygen atoms in total. The van der Waals surface area contributed by atoms with E-state index < -0.39 is 0 Å². The second-order valence-electron chi connectivity index (χ2n) is 5.33. The quantitative estimate of drug-likeness (QED) is 0.876. The molecule has 1 aromatic carbocycles. The number of carbonyl (C=O) groups excluding carboxylic acids is 1. The fourth-order valence-corrected chi connectivity index (χ4v) is 3.11. The first-order valence-electron chi connectivity index (χ1n) is 7.45. The molecule has 1 fully saturated rings. The van der Waals surface area contributed by atoms with Gasteiger partial charge in [-0.3, -0.25) is 4.79 Å². The lowest BCUT2D eigenvalue weighted by Crippen LogP contribution is -2.39. The van der Waals surface area contributed by atoms with Gasteiger partial charge in [0.2, 0.25) is 5.91 Å². The van der Waals surface area contributed by atoms with Crippen molar-refractivity contribution in [3.8, 4) is 0 Å². The molecule has 5 heteroatoms. The molecule has 1 aliphatic heterocycles. The highest BCUT2D eigenvalue weighted by Gasteiger charge is 2.24. The molecule has 1 atom stereocenters. The van der Waals surface area contributed by atoms with Crippen LogP contribution >= 0.6 is 28.3 Å². The summed E-state index contributed by atoms with van der Waals surface area (Å²) in [7, 11) is 0. The largest absolute Gasteiger partial charge is 0.341 e. The number of nitrogens with one attached hydrogen (secondary N) is 1. The highest BCUT2D eigenvalue weighted by atomic mass is 79.9. The van der Waals surface area contributed by atoms with Gasteiger partial charge in [-0.1, -0.05) is 41.1 Å². The number of halogens is 2. The van der Waals surface area contributed by atoms with Crippen LogP contribution in [0.15, 0.2) is 28.7 Å². The summed E-state index contributed by atoms with van der Waals surface area (Å²) >= 11 is 3.58. The number of hydrogen-bond acceptors (Lipinski definition) is 2. The minimum Gasteiger partial charge on any atom is -0.341 e. The summed E-state index contributed by atoms with van der Waals surface area (Å²) in [4.78, 5) is 14.7. The Morgan fingerprint density at radius 3 is 2.81 bits per heavy atom. The monoisotopic (exact) mass is 374 g/mol. The van der Waals surface area contributed by atoms with Gasteiger partial charge in [-0.15, -0.1) is 12.4 Å². The maximum absolute atomic E-state index is 12.7. The van der Waals surface area contributed by atoms with Crippen molar-refractivity contribution in [3.63, 3.8) is 0 Å². The maximum atomic E-state index is 12.7. The molecule has 1 unspecified atom stereocenters. The van der Waals surface area contributed by atoms with E-state index in [2.05, 4.69) is 34.2 Å². The highest BCUT2D eigenvalue weighted by molar-refractivity contribution is 9.10. The Morgan fingerprint density at radius 2 is 2.10 bits per heavy atom. The van der Waals surface area contributed by atoms with Crippen LogP contribution in [0.5, 0.6) is 0 Å². The number of carbonyl (C=O) groups is 1. The lowest BCUT2D eigenvalue weighted by molar-refractivity contribution is -0.135.